The summed E-state index contributed by atoms with van der Waals surface area (Å²) in [5.74, 6) is 2.88. The van der Waals surface area contributed by atoms with Crippen LogP contribution in [0.25, 0.3) is 72.7 Å². The maximum Gasteiger partial charge on any atom is 0.132 e. The predicted molar refractivity (Wildman–Crippen MR) is 304 cm³/mol. The first-order valence-corrected chi connectivity index (χ1v) is 30.7. The zero-order valence-electron chi connectivity index (χ0n) is 42.0. The van der Waals surface area contributed by atoms with E-state index in [9.17, 15) is 0 Å². The number of unbranched alkanes of at least 4 members (excludes halogenated alkanes) is 4. The highest BCUT2D eigenvalue weighted by Crippen LogP contribution is 2.50. The van der Waals surface area contributed by atoms with E-state index >= 15 is 0 Å². The van der Waals surface area contributed by atoms with Crippen molar-refractivity contribution in [2.45, 2.75) is 184 Å². The number of benzene rings is 2. The van der Waals surface area contributed by atoms with Crippen molar-refractivity contribution in [2.24, 2.45) is 23.7 Å². The van der Waals surface area contributed by atoms with Crippen molar-refractivity contribution >= 4 is 99.1 Å². The molecule has 8 aromatic rings. The fourth-order valence-corrected chi connectivity index (χ4v) is 15.9. The van der Waals surface area contributed by atoms with Gasteiger partial charge in [-0.15, -0.1) is 45.3 Å². The van der Waals surface area contributed by atoms with E-state index in [0.29, 0.717) is 5.92 Å². The fraction of sp³-hybridized carbons (Fsp3) is 0.542. The molecule has 0 bridgehead atoms. The molecule has 8 heteroatoms. The Morgan fingerprint density at radius 3 is 1.66 bits per heavy atom. The van der Waals surface area contributed by atoms with E-state index in [1.165, 1.54) is 189 Å². The molecule has 0 fully saturated rings. The Bertz CT molecular complexity index is 2810. The normalized spacial score (nSPS) is 14.0. The maximum absolute atomic E-state index is 5.24. The number of hydrogen-bond donors (Lipinski definition) is 0. The average molecular weight is 989 g/mol. The van der Waals surface area contributed by atoms with Gasteiger partial charge >= 0.3 is 0 Å². The lowest BCUT2D eigenvalue weighted by molar-refractivity contribution is 0.434. The van der Waals surface area contributed by atoms with Gasteiger partial charge < -0.3 is 0 Å². The highest BCUT2D eigenvalue weighted by molar-refractivity contribution is 7.31. The van der Waals surface area contributed by atoms with E-state index < -0.39 is 0 Å². The van der Waals surface area contributed by atoms with Crippen molar-refractivity contribution in [2.75, 3.05) is 0 Å². The second-order valence-corrected chi connectivity index (χ2v) is 24.4. The van der Waals surface area contributed by atoms with Gasteiger partial charge in [0.25, 0.3) is 0 Å². The van der Waals surface area contributed by atoms with Gasteiger partial charge in [-0.1, -0.05) is 170 Å². The molecule has 0 N–H and O–H groups in total. The second kappa shape index (κ2) is 24.2. The minimum atomic E-state index is 0.661. The molecule has 0 aliphatic carbocycles. The summed E-state index contributed by atoms with van der Waals surface area (Å²) in [5.41, 5.74) is 10.2. The summed E-state index contributed by atoms with van der Waals surface area (Å²) in [5, 5.41) is 10.5. The summed E-state index contributed by atoms with van der Waals surface area (Å²) in [6.07, 6.45) is 27.3. The zero-order valence-corrected chi connectivity index (χ0v) is 46.1. The van der Waals surface area contributed by atoms with Crippen LogP contribution in [0.5, 0.6) is 0 Å². The molecule has 0 spiro atoms. The molecular formula is C59H77N3S5. The second-order valence-electron chi connectivity index (χ2n) is 19.9. The molecule has 358 valence electrons. The number of rotatable bonds is 27. The Morgan fingerprint density at radius 2 is 1.06 bits per heavy atom. The topological polar surface area (TPSA) is 38.7 Å². The summed E-state index contributed by atoms with van der Waals surface area (Å²) >= 11 is 9.08. The van der Waals surface area contributed by atoms with Gasteiger partial charge in [0.1, 0.15) is 16.7 Å². The van der Waals surface area contributed by atoms with Crippen LogP contribution >= 0.6 is 57.1 Å². The Labute approximate surface area is 423 Å². The summed E-state index contributed by atoms with van der Waals surface area (Å²) in [6.45, 7) is 18.9. The standard InChI is InChI=1S/C59H77N3S5/c1-9-17-21-38(13-5)27-42-31-52(64-37-42)55-56-54(61-67-62-56)50(36-60-55)51-34-45(30-41(16-8)24-20-12-4)57(65-51)53-35-49-48-33-44(29-40(15-7)23-19-11-3)43(28-39(14-6)22-18-10-2)32-47(48)46-25-26-63-58(46)59(49)66-53/h25-26,31-41H,9-24,27-30H2,1-8H3. The lowest BCUT2D eigenvalue weighted by Gasteiger charge is -2.22. The molecule has 6 aromatic heterocycles. The molecule has 0 radical (unpaired) electrons. The van der Waals surface area contributed by atoms with E-state index in [0.717, 1.165) is 52.9 Å². The van der Waals surface area contributed by atoms with Crippen LogP contribution in [0.4, 0.5) is 0 Å². The number of aromatic nitrogens is 3. The van der Waals surface area contributed by atoms with Gasteiger partial charge in [-0.3, -0.25) is 4.98 Å². The van der Waals surface area contributed by atoms with Crippen LogP contribution in [0.15, 0.2) is 53.4 Å². The van der Waals surface area contributed by atoms with E-state index in [4.69, 9.17) is 13.7 Å². The Hall–Kier alpha value is -3.01. The van der Waals surface area contributed by atoms with Crippen LogP contribution < -0.4 is 0 Å². The molecule has 2 aromatic carbocycles. The third-order valence-electron chi connectivity index (χ3n) is 15.2. The Kier molecular flexibility index (Phi) is 18.2. The van der Waals surface area contributed by atoms with E-state index in [2.05, 4.69) is 109 Å². The van der Waals surface area contributed by atoms with Gasteiger partial charge in [0.05, 0.1) is 26.0 Å². The zero-order chi connectivity index (χ0) is 46.9. The Morgan fingerprint density at radius 1 is 0.493 bits per heavy atom. The predicted octanol–water partition coefficient (Wildman–Crippen LogP) is 20.8. The monoisotopic (exact) mass is 987 g/mol. The van der Waals surface area contributed by atoms with Crippen molar-refractivity contribution in [3.8, 4) is 30.8 Å². The van der Waals surface area contributed by atoms with E-state index in [1.54, 1.807) is 11.1 Å². The molecule has 3 nitrogen and oxygen atoms in total. The van der Waals surface area contributed by atoms with Crippen LogP contribution in [-0.4, -0.2) is 13.7 Å². The molecule has 8 rings (SSSR count). The summed E-state index contributed by atoms with van der Waals surface area (Å²) in [4.78, 5) is 10.6. The van der Waals surface area contributed by atoms with Crippen molar-refractivity contribution in [1.29, 1.82) is 0 Å². The minimum Gasteiger partial charge on any atom is -0.252 e. The van der Waals surface area contributed by atoms with E-state index in [-0.39, 0.29) is 0 Å². The van der Waals surface area contributed by atoms with E-state index in [1.807, 2.05) is 45.3 Å². The van der Waals surface area contributed by atoms with Crippen molar-refractivity contribution in [1.82, 2.24) is 13.7 Å². The number of pyridine rings is 1. The molecule has 4 unspecified atom stereocenters. The van der Waals surface area contributed by atoms with Gasteiger partial charge in [0.15, 0.2) is 0 Å². The van der Waals surface area contributed by atoms with Crippen LogP contribution in [0, 0.1) is 23.7 Å². The van der Waals surface area contributed by atoms with Gasteiger partial charge in [0.2, 0.25) is 0 Å². The maximum atomic E-state index is 5.24. The van der Waals surface area contributed by atoms with Gasteiger partial charge in [0, 0.05) is 37.2 Å². The average Bonchev–Trinajstić information content (AvgIpc) is 4.22. The summed E-state index contributed by atoms with van der Waals surface area (Å²) in [7, 11) is 0. The fourth-order valence-electron chi connectivity index (χ4n) is 10.8. The lowest BCUT2D eigenvalue weighted by atomic mass is 9.83. The molecule has 0 saturated heterocycles. The number of nitrogens with zero attached hydrogens (tertiary/aromatic N) is 3. The molecule has 67 heavy (non-hydrogen) atoms. The molecule has 4 atom stereocenters. The molecular weight excluding hydrogens is 911 g/mol. The number of thiophene rings is 4. The molecule has 0 aliphatic rings. The highest BCUT2D eigenvalue weighted by atomic mass is 32.1. The molecule has 0 aliphatic heterocycles. The van der Waals surface area contributed by atoms with Gasteiger partial charge in [-0.05, 0) is 117 Å². The first kappa shape index (κ1) is 50.4. The summed E-state index contributed by atoms with van der Waals surface area (Å²) < 4.78 is 12.9. The summed E-state index contributed by atoms with van der Waals surface area (Å²) in [6, 6.07) is 15.3. The third-order valence-corrected chi connectivity index (χ3v) is 20.3. The largest absolute Gasteiger partial charge is 0.252 e. The molecule has 0 saturated carbocycles. The van der Waals surface area contributed by atoms with Crippen molar-refractivity contribution in [3.63, 3.8) is 0 Å². The lowest BCUT2D eigenvalue weighted by Crippen LogP contribution is -2.10. The van der Waals surface area contributed by atoms with Crippen molar-refractivity contribution in [3.05, 3.63) is 75.6 Å². The van der Waals surface area contributed by atoms with Crippen LogP contribution in [0.1, 0.15) is 180 Å². The first-order valence-electron chi connectivity index (χ1n) is 26.5. The highest BCUT2D eigenvalue weighted by Gasteiger charge is 2.25. The number of hydrogen-bond acceptors (Lipinski definition) is 8. The Balaban J connectivity index is 1.24. The van der Waals surface area contributed by atoms with Crippen LogP contribution in [-0.2, 0) is 25.7 Å². The van der Waals surface area contributed by atoms with Gasteiger partial charge in [-0.25, -0.2) is 0 Å². The number of fused-ring (bicyclic) bond motifs is 7. The van der Waals surface area contributed by atoms with Crippen LogP contribution in [0.2, 0.25) is 0 Å². The quantitative estimate of drug-likeness (QED) is 0.0515. The minimum absolute atomic E-state index is 0.661. The van der Waals surface area contributed by atoms with Crippen LogP contribution in [0.3, 0.4) is 0 Å². The SMILES string of the molecule is CCCCC(CC)Cc1csc(-c2ncc(-c3cc(CC(CC)CCCC)c(-c4cc5c6cc(CC(CC)CCCC)c(CC(CC)CCCC)cc6c6ccsc6c5s4)s3)c3nsnc23)c1. The van der Waals surface area contributed by atoms with Gasteiger partial charge in [-0.2, -0.15) is 8.75 Å². The smallest absolute Gasteiger partial charge is 0.132 e. The molecule has 6 heterocycles. The first-order chi connectivity index (χ1) is 32.8. The van der Waals surface area contributed by atoms with Crippen molar-refractivity contribution < 1.29 is 0 Å². The third kappa shape index (κ3) is 11.5. The molecule has 0 amide bonds.